The van der Waals surface area contributed by atoms with E-state index in [0.717, 1.165) is 6.42 Å². The Kier molecular flexibility index (Phi) is 5.19. The Morgan fingerprint density at radius 1 is 1.30 bits per heavy atom. The zero-order valence-electron chi connectivity index (χ0n) is 13.4. The zero-order chi connectivity index (χ0) is 14.6. The molecule has 2 aliphatic carbocycles. The molecule has 2 heteroatoms. The smallest absolute Gasteiger partial charge is 0.103 e. The molecular weight excluding hydrogens is 276 g/mol. The van der Waals surface area contributed by atoms with Gasteiger partial charge in [-0.05, 0) is 31.9 Å². The molecule has 110 valence electrons. The molecule has 2 rings (SSSR count). The van der Waals surface area contributed by atoms with Crippen molar-refractivity contribution in [3.05, 3.63) is 47.2 Å². The van der Waals surface area contributed by atoms with Crippen LogP contribution in [0.3, 0.4) is 0 Å². The number of rotatable bonds is 6. The Balaban J connectivity index is 2.33. The Morgan fingerprint density at radius 3 is 2.70 bits per heavy atom. The molecule has 0 radical (unpaired) electrons. The first-order valence-electron chi connectivity index (χ1n) is 7.89. The number of hydrogen-bond acceptors (Lipinski definition) is 1. The van der Waals surface area contributed by atoms with Crippen LogP contribution >= 0.6 is 11.8 Å². The summed E-state index contributed by atoms with van der Waals surface area (Å²) < 4.78 is 0.359. The van der Waals surface area contributed by atoms with Gasteiger partial charge in [-0.2, -0.15) is 11.8 Å². The molecule has 0 heterocycles. The maximum absolute atomic E-state index is 2.57. The monoisotopic (exact) mass is 304 g/mol. The molecule has 0 N–H and O–H groups in total. The van der Waals surface area contributed by atoms with E-state index in [4.69, 9.17) is 0 Å². The van der Waals surface area contributed by atoms with E-state index >= 15 is 0 Å². The first kappa shape index (κ1) is 15.9. The second-order valence-corrected chi connectivity index (χ2v) is 12.9. The van der Waals surface area contributed by atoms with Crippen LogP contribution < -0.4 is 0 Å². The van der Waals surface area contributed by atoms with E-state index in [0.29, 0.717) is 4.37 Å². The average molecular weight is 305 g/mol. The van der Waals surface area contributed by atoms with Gasteiger partial charge in [0.05, 0.1) is 0 Å². The molecule has 0 aromatic heterocycles. The van der Waals surface area contributed by atoms with Gasteiger partial charge in [0.25, 0.3) is 0 Å². The zero-order valence-corrected chi connectivity index (χ0v) is 15.2. The Labute approximate surface area is 130 Å². The van der Waals surface area contributed by atoms with E-state index in [1.807, 2.05) is 0 Å². The summed E-state index contributed by atoms with van der Waals surface area (Å²) in [6, 6.07) is 0. The summed E-state index contributed by atoms with van der Waals surface area (Å²) in [7, 11) is -1.52. The molecule has 1 atom stereocenters. The van der Waals surface area contributed by atoms with Crippen LogP contribution in [0.15, 0.2) is 47.2 Å². The van der Waals surface area contributed by atoms with Gasteiger partial charge in [0, 0.05) is 4.37 Å². The SMILES string of the molecule is CCCCSC1([Si](C)(C)C2=CCC=C2)CC=CC=C1C. The first-order chi connectivity index (χ1) is 9.54. The van der Waals surface area contributed by atoms with Crippen LogP contribution in [0.5, 0.6) is 0 Å². The molecule has 0 aliphatic heterocycles. The fourth-order valence-electron chi connectivity index (χ4n) is 3.39. The van der Waals surface area contributed by atoms with Crippen molar-refractivity contribution in [2.45, 2.75) is 57.0 Å². The largest absolute Gasteiger partial charge is 0.153 e. The lowest BCUT2D eigenvalue weighted by molar-refractivity contribution is 0.847. The van der Waals surface area contributed by atoms with Gasteiger partial charge < -0.3 is 0 Å². The molecule has 20 heavy (non-hydrogen) atoms. The second-order valence-electron chi connectivity index (χ2n) is 6.43. The van der Waals surface area contributed by atoms with Crippen molar-refractivity contribution in [1.29, 1.82) is 0 Å². The number of hydrogen-bond donors (Lipinski definition) is 0. The van der Waals surface area contributed by atoms with Gasteiger partial charge in [-0.3, -0.25) is 0 Å². The fourth-order valence-corrected chi connectivity index (χ4v) is 10.1. The number of unbranched alkanes of at least 4 members (excludes halogenated alkanes) is 1. The third-order valence-corrected chi connectivity index (χ3v) is 12.7. The molecular formula is C18H28SSi. The van der Waals surface area contributed by atoms with Gasteiger partial charge in [-0.25, -0.2) is 0 Å². The molecule has 0 bridgehead atoms. The predicted octanol–water partition coefficient (Wildman–Crippen LogP) is 5.84. The molecule has 0 aromatic rings. The lowest BCUT2D eigenvalue weighted by atomic mass is 10.1. The third-order valence-electron chi connectivity index (χ3n) is 4.87. The quantitative estimate of drug-likeness (QED) is 0.439. The van der Waals surface area contributed by atoms with Crippen molar-refractivity contribution in [3.63, 3.8) is 0 Å². The van der Waals surface area contributed by atoms with Crippen molar-refractivity contribution >= 4 is 19.8 Å². The summed E-state index contributed by atoms with van der Waals surface area (Å²) in [5, 5.41) is 1.66. The van der Waals surface area contributed by atoms with E-state index in [1.165, 1.54) is 25.0 Å². The van der Waals surface area contributed by atoms with E-state index in [9.17, 15) is 0 Å². The highest BCUT2D eigenvalue weighted by Gasteiger charge is 2.49. The second kappa shape index (κ2) is 6.53. The van der Waals surface area contributed by atoms with E-state index in [2.05, 4.69) is 75.2 Å². The van der Waals surface area contributed by atoms with Gasteiger partial charge in [-0.15, -0.1) is 0 Å². The summed E-state index contributed by atoms with van der Waals surface area (Å²) in [5.74, 6) is 1.29. The molecule has 0 fully saturated rings. The van der Waals surface area contributed by atoms with Crippen LogP contribution in [0.4, 0.5) is 0 Å². The first-order valence-corrected chi connectivity index (χ1v) is 11.9. The maximum atomic E-state index is 2.57. The minimum atomic E-state index is -1.52. The molecule has 0 nitrogen and oxygen atoms in total. The van der Waals surface area contributed by atoms with E-state index in [-0.39, 0.29) is 0 Å². The summed E-state index contributed by atoms with van der Waals surface area (Å²) in [6.07, 6.45) is 19.2. The topological polar surface area (TPSA) is 0 Å². The molecule has 0 saturated heterocycles. The summed E-state index contributed by atoms with van der Waals surface area (Å²) in [5.41, 5.74) is 1.60. The van der Waals surface area contributed by atoms with E-state index in [1.54, 1.807) is 10.8 Å². The predicted molar refractivity (Wildman–Crippen MR) is 96.9 cm³/mol. The van der Waals surface area contributed by atoms with Crippen LogP contribution in [-0.2, 0) is 0 Å². The van der Waals surface area contributed by atoms with Crippen molar-refractivity contribution < 1.29 is 0 Å². The lowest BCUT2D eigenvalue weighted by Gasteiger charge is -2.47. The van der Waals surface area contributed by atoms with Crippen molar-refractivity contribution in [1.82, 2.24) is 0 Å². The van der Waals surface area contributed by atoms with Crippen molar-refractivity contribution in [2.24, 2.45) is 0 Å². The van der Waals surface area contributed by atoms with Crippen LogP contribution in [0.2, 0.25) is 13.1 Å². The molecule has 0 amide bonds. The normalized spacial score (nSPS) is 25.8. The average Bonchev–Trinajstić information content (AvgIpc) is 2.96. The van der Waals surface area contributed by atoms with Crippen LogP contribution in [-0.4, -0.2) is 18.2 Å². The van der Waals surface area contributed by atoms with Gasteiger partial charge in [-0.1, -0.05) is 73.7 Å². The fraction of sp³-hybridized carbons (Fsp3) is 0.556. The summed E-state index contributed by atoms with van der Waals surface area (Å²) >= 11 is 2.24. The lowest BCUT2D eigenvalue weighted by Crippen LogP contribution is -2.54. The van der Waals surface area contributed by atoms with Crippen LogP contribution in [0.25, 0.3) is 0 Å². The van der Waals surface area contributed by atoms with Gasteiger partial charge in [0.2, 0.25) is 0 Å². The van der Waals surface area contributed by atoms with Crippen LogP contribution in [0.1, 0.15) is 39.5 Å². The Bertz CT molecular complexity index is 468. The highest BCUT2D eigenvalue weighted by molar-refractivity contribution is 8.02. The van der Waals surface area contributed by atoms with Crippen molar-refractivity contribution in [2.75, 3.05) is 5.75 Å². The number of allylic oxidation sites excluding steroid dienone is 7. The number of thioether (sulfide) groups is 1. The van der Waals surface area contributed by atoms with Crippen molar-refractivity contribution in [3.8, 4) is 0 Å². The molecule has 0 saturated carbocycles. The van der Waals surface area contributed by atoms with Gasteiger partial charge >= 0.3 is 0 Å². The maximum Gasteiger partial charge on any atom is 0.103 e. The summed E-state index contributed by atoms with van der Waals surface area (Å²) in [4.78, 5) is 0. The molecule has 1 unspecified atom stereocenters. The van der Waals surface area contributed by atoms with Gasteiger partial charge in [0.15, 0.2) is 0 Å². The minimum absolute atomic E-state index is 0.359. The molecule has 2 aliphatic rings. The molecule has 0 spiro atoms. The molecule has 0 aromatic carbocycles. The Morgan fingerprint density at radius 2 is 2.10 bits per heavy atom. The van der Waals surface area contributed by atoms with Crippen LogP contribution in [0, 0.1) is 0 Å². The van der Waals surface area contributed by atoms with E-state index < -0.39 is 8.07 Å². The van der Waals surface area contributed by atoms with Gasteiger partial charge in [0.1, 0.15) is 8.07 Å². The standard InChI is InChI=1S/C18H28SSi/c1-5-6-15-19-18(14-10-9-11-16(18)2)20(3,4)17-12-7-8-13-17/h7,9-13H,5-6,8,14-15H2,1-4H3. The summed E-state index contributed by atoms with van der Waals surface area (Å²) in [6.45, 7) is 9.80. The third kappa shape index (κ3) is 2.78. The highest BCUT2D eigenvalue weighted by atomic mass is 32.2. The highest BCUT2D eigenvalue weighted by Crippen LogP contribution is 2.49. The minimum Gasteiger partial charge on any atom is -0.153 e. The Hall–Kier alpha value is -0.473.